The van der Waals surface area contributed by atoms with Crippen LogP contribution in [-0.4, -0.2) is 26.0 Å². The van der Waals surface area contributed by atoms with Crippen molar-refractivity contribution in [3.8, 4) is 0 Å². The van der Waals surface area contributed by atoms with E-state index in [9.17, 15) is 13.2 Å². The molecule has 1 aliphatic carbocycles. The smallest absolute Gasteiger partial charge is 0.379 e. The molecule has 0 aliphatic heterocycles. The molecule has 3 rings (SSSR count). The molecule has 1 atom stereocenters. The fourth-order valence-corrected chi connectivity index (χ4v) is 1.90. The predicted molar refractivity (Wildman–Crippen MR) is 60.8 cm³/mol. The van der Waals surface area contributed by atoms with Crippen molar-refractivity contribution in [3.05, 3.63) is 35.7 Å². The van der Waals surface area contributed by atoms with Gasteiger partial charge in [-0.15, -0.1) is 0 Å². The third-order valence-electron chi connectivity index (χ3n) is 3.14. The van der Waals surface area contributed by atoms with E-state index in [2.05, 4.69) is 10.1 Å². The van der Waals surface area contributed by atoms with E-state index in [1.807, 2.05) is 0 Å². The third kappa shape index (κ3) is 2.69. The number of aromatic nitrogens is 3. The van der Waals surface area contributed by atoms with Gasteiger partial charge in [-0.1, -0.05) is 5.16 Å². The highest BCUT2D eigenvalue weighted by Gasteiger charge is 2.39. The summed E-state index contributed by atoms with van der Waals surface area (Å²) in [4.78, 5) is 4.19. The number of halogens is 3. The highest BCUT2D eigenvalue weighted by atomic mass is 19.4. The lowest BCUT2D eigenvalue weighted by molar-refractivity contribution is -0.206. The van der Waals surface area contributed by atoms with Gasteiger partial charge in [0.2, 0.25) is 5.89 Å². The summed E-state index contributed by atoms with van der Waals surface area (Å²) in [5.74, 6) is 1.36. The van der Waals surface area contributed by atoms with Crippen LogP contribution in [0.25, 0.3) is 0 Å². The Labute approximate surface area is 112 Å². The topological polar surface area (TPSA) is 64.1 Å². The molecule has 0 amide bonds. The lowest BCUT2D eigenvalue weighted by atomic mass is 10.2. The van der Waals surface area contributed by atoms with Crippen molar-refractivity contribution in [2.45, 2.75) is 37.6 Å². The lowest BCUT2D eigenvalue weighted by Gasteiger charge is -2.12. The number of hydrogen-bond donors (Lipinski definition) is 1. The Hall–Kier alpha value is -1.83. The molecule has 1 unspecified atom stereocenters. The largest absolute Gasteiger partial charge is 0.418 e. The summed E-state index contributed by atoms with van der Waals surface area (Å²) in [6, 6.07) is 1.22. The van der Waals surface area contributed by atoms with Gasteiger partial charge in [-0.2, -0.15) is 18.2 Å². The van der Waals surface area contributed by atoms with Gasteiger partial charge < -0.3 is 14.2 Å². The Kier molecular flexibility index (Phi) is 3.04. The molecule has 1 fully saturated rings. The average molecular weight is 287 g/mol. The molecule has 1 N–H and O–H groups in total. The second-order valence-corrected chi connectivity index (χ2v) is 4.88. The van der Waals surface area contributed by atoms with E-state index in [1.165, 1.54) is 23.0 Å². The minimum absolute atomic E-state index is 0.185. The van der Waals surface area contributed by atoms with Crippen molar-refractivity contribution in [2.75, 3.05) is 0 Å². The van der Waals surface area contributed by atoms with Gasteiger partial charge in [-0.05, 0) is 18.9 Å². The minimum atomic E-state index is -4.67. The molecule has 108 valence electrons. The molecule has 20 heavy (non-hydrogen) atoms. The first-order valence-electron chi connectivity index (χ1n) is 6.16. The van der Waals surface area contributed by atoms with Gasteiger partial charge in [0, 0.05) is 23.9 Å². The molecule has 0 saturated heterocycles. The number of hydrogen-bond acceptors (Lipinski definition) is 4. The Balaban J connectivity index is 1.70. The molecule has 0 aromatic carbocycles. The van der Waals surface area contributed by atoms with Gasteiger partial charge in [0.1, 0.15) is 6.54 Å². The molecule has 0 bridgehead atoms. The lowest BCUT2D eigenvalue weighted by Crippen LogP contribution is -2.19. The SMILES string of the molecule is OC(c1ccn(Cc2nc(C3CC3)no2)c1)C(F)(F)F. The third-order valence-corrected chi connectivity index (χ3v) is 3.14. The average Bonchev–Trinajstić information content (AvgIpc) is 2.95. The summed E-state index contributed by atoms with van der Waals surface area (Å²) in [7, 11) is 0. The molecule has 8 heteroatoms. The van der Waals surface area contributed by atoms with Crippen LogP contribution in [0.4, 0.5) is 13.2 Å². The Morgan fingerprint density at radius 2 is 2.20 bits per heavy atom. The van der Waals surface area contributed by atoms with E-state index in [0.29, 0.717) is 17.6 Å². The monoisotopic (exact) mass is 287 g/mol. The number of rotatable bonds is 4. The number of aliphatic hydroxyl groups is 1. The molecular formula is C12H12F3N3O2. The molecule has 1 saturated carbocycles. The molecule has 2 heterocycles. The van der Waals surface area contributed by atoms with E-state index in [4.69, 9.17) is 9.63 Å². The van der Waals surface area contributed by atoms with E-state index >= 15 is 0 Å². The zero-order valence-electron chi connectivity index (χ0n) is 10.3. The second kappa shape index (κ2) is 4.62. The standard InChI is InChI=1S/C12H12F3N3O2/c13-12(14,15)10(19)8-3-4-18(5-8)6-9-16-11(17-20-9)7-1-2-7/h3-5,7,10,19H,1-2,6H2. The van der Waals surface area contributed by atoms with Crippen LogP contribution in [0.2, 0.25) is 0 Å². The van der Waals surface area contributed by atoms with E-state index in [0.717, 1.165) is 12.8 Å². The van der Waals surface area contributed by atoms with E-state index in [1.54, 1.807) is 0 Å². The van der Waals surface area contributed by atoms with Gasteiger partial charge in [0.25, 0.3) is 0 Å². The first-order valence-corrected chi connectivity index (χ1v) is 6.16. The summed E-state index contributed by atoms with van der Waals surface area (Å²) < 4.78 is 43.6. The van der Waals surface area contributed by atoms with Gasteiger partial charge in [-0.25, -0.2) is 0 Å². The highest BCUT2D eigenvalue weighted by molar-refractivity contribution is 5.15. The molecule has 2 aromatic heterocycles. The maximum Gasteiger partial charge on any atom is 0.418 e. The maximum atomic E-state index is 12.4. The Morgan fingerprint density at radius 1 is 1.45 bits per heavy atom. The fraction of sp³-hybridized carbons (Fsp3) is 0.500. The maximum absolute atomic E-state index is 12.4. The molecule has 5 nitrogen and oxygen atoms in total. The molecular weight excluding hydrogens is 275 g/mol. The van der Waals surface area contributed by atoms with Crippen molar-refractivity contribution in [1.82, 2.24) is 14.7 Å². The van der Waals surface area contributed by atoms with Crippen LogP contribution in [0, 0.1) is 0 Å². The Bertz CT molecular complexity index is 601. The van der Waals surface area contributed by atoms with Gasteiger partial charge in [0.05, 0.1) is 0 Å². The van der Waals surface area contributed by atoms with Gasteiger partial charge in [-0.3, -0.25) is 0 Å². The number of nitrogens with zero attached hydrogens (tertiary/aromatic N) is 3. The first-order chi connectivity index (χ1) is 9.43. The van der Waals surface area contributed by atoms with Crippen molar-refractivity contribution in [2.24, 2.45) is 0 Å². The second-order valence-electron chi connectivity index (χ2n) is 4.88. The highest BCUT2D eigenvalue weighted by Crippen LogP contribution is 2.38. The van der Waals surface area contributed by atoms with Crippen LogP contribution in [0.1, 0.15) is 42.1 Å². The minimum Gasteiger partial charge on any atom is -0.379 e. The van der Waals surface area contributed by atoms with Crippen LogP contribution < -0.4 is 0 Å². The molecule has 1 aliphatic rings. The molecule has 2 aromatic rings. The van der Waals surface area contributed by atoms with Crippen LogP contribution in [-0.2, 0) is 6.54 Å². The van der Waals surface area contributed by atoms with Crippen molar-refractivity contribution in [3.63, 3.8) is 0 Å². The number of aliphatic hydroxyl groups excluding tert-OH is 1. The zero-order valence-corrected chi connectivity index (χ0v) is 10.3. The normalized spacial score (nSPS) is 17.4. The summed E-state index contributed by atoms with van der Waals surface area (Å²) in [5.41, 5.74) is -0.209. The summed E-state index contributed by atoms with van der Waals surface area (Å²) >= 11 is 0. The van der Waals surface area contributed by atoms with E-state index in [-0.39, 0.29) is 12.1 Å². The predicted octanol–water partition coefficient (Wildman–Crippen LogP) is 2.39. The van der Waals surface area contributed by atoms with Crippen molar-refractivity contribution >= 4 is 0 Å². The van der Waals surface area contributed by atoms with Crippen LogP contribution in [0.5, 0.6) is 0 Å². The quantitative estimate of drug-likeness (QED) is 0.937. The fourth-order valence-electron chi connectivity index (χ4n) is 1.90. The van der Waals surface area contributed by atoms with Crippen molar-refractivity contribution in [1.29, 1.82) is 0 Å². The molecule has 0 radical (unpaired) electrons. The van der Waals surface area contributed by atoms with Gasteiger partial charge >= 0.3 is 6.18 Å². The van der Waals surface area contributed by atoms with Crippen LogP contribution >= 0.6 is 0 Å². The summed E-state index contributed by atoms with van der Waals surface area (Å²) in [6.07, 6.45) is -2.40. The van der Waals surface area contributed by atoms with Crippen LogP contribution in [0.3, 0.4) is 0 Å². The van der Waals surface area contributed by atoms with Crippen LogP contribution in [0.15, 0.2) is 23.0 Å². The summed E-state index contributed by atoms with van der Waals surface area (Å²) in [6.45, 7) is 0.185. The van der Waals surface area contributed by atoms with Gasteiger partial charge in [0.15, 0.2) is 11.9 Å². The number of alkyl halides is 3. The molecule has 0 spiro atoms. The Morgan fingerprint density at radius 3 is 2.85 bits per heavy atom. The van der Waals surface area contributed by atoms with E-state index < -0.39 is 12.3 Å². The summed E-state index contributed by atoms with van der Waals surface area (Å²) in [5, 5.41) is 13.0. The van der Waals surface area contributed by atoms with Crippen molar-refractivity contribution < 1.29 is 22.8 Å². The zero-order chi connectivity index (χ0) is 14.3. The first kappa shape index (κ1) is 13.2.